The lowest BCUT2D eigenvalue weighted by Gasteiger charge is -2.42. The standard InChI is InChI=1S/C31H37F4N5O2/c1-30(2,3)39-15-13-25(23(32)18-39)38-24-9-6-10-27-22(24)17-21(40(27)19-31(33,34)35)8-7-14-37-26-12-11-20(29(41)36-4)16-28(26)42-5/h6,9-12,16-17,23,25,37-38H,13-15,18-19H2,1-5H3,(H,36,41)/t23-,25+/m0/s1/i5D3. The number of benzene rings is 2. The first-order valence-corrected chi connectivity index (χ1v) is 13.6. The van der Waals surface area contributed by atoms with Gasteiger partial charge in [0, 0.05) is 42.3 Å². The van der Waals surface area contributed by atoms with E-state index in [0.29, 0.717) is 29.6 Å². The number of ether oxygens (including phenoxy) is 1. The van der Waals surface area contributed by atoms with Crippen molar-refractivity contribution in [3.05, 3.63) is 53.7 Å². The van der Waals surface area contributed by atoms with Crippen LogP contribution in [0.5, 0.6) is 5.75 Å². The molecule has 1 fully saturated rings. The number of anilines is 2. The van der Waals surface area contributed by atoms with E-state index in [1.807, 2.05) is 20.8 Å². The number of hydrogen-bond acceptors (Lipinski definition) is 5. The van der Waals surface area contributed by atoms with Gasteiger partial charge < -0.3 is 25.3 Å². The fraction of sp³-hybridized carbons (Fsp3) is 0.452. The van der Waals surface area contributed by atoms with Crippen LogP contribution in [0.25, 0.3) is 10.9 Å². The summed E-state index contributed by atoms with van der Waals surface area (Å²) in [4.78, 5) is 14.1. The zero-order valence-electron chi connectivity index (χ0n) is 27.0. The minimum Gasteiger partial charge on any atom is -0.495 e. The molecule has 42 heavy (non-hydrogen) atoms. The number of nitrogens with one attached hydrogen (secondary N) is 3. The SMILES string of the molecule is [2H]C([2H])([2H])Oc1cc(C(=O)NC)ccc1NCC#Cc1cc2c(N[C@@H]3CCN(C(C)(C)C)C[C@@H]3F)cccc2n1CC(F)(F)F. The summed E-state index contributed by atoms with van der Waals surface area (Å²) < 4.78 is 84.6. The summed E-state index contributed by atoms with van der Waals surface area (Å²) in [6, 6.07) is 10.2. The Balaban J connectivity index is 1.60. The monoisotopic (exact) mass is 590 g/mol. The first kappa shape index (κ1) is 27.0. The number of piperidine rings is 1. The van der Waals surface area contributed by atoms with E-state index >= 15 is 4.39 Å². The number of rotatable bonds is 7. The molecule has 0 saturated carbocycles. The van der Waals surface area contributed by atoms with Crippen LogP contribution in [0.15, 0.2) is 42.5 Å². The first-order valence-electron chi connectivity index (χ1n) is 15.1. The number of alkyl halides is 4. The second kappa shape index (κ2) is 12.5. The number of carbonyl (C=O) groups is 1. The molecule has 0 radical (unpaired) electrons. The lowest BCUT2D eigenvalue weighted by atomic mass is 9.96. The Morgan fingerprint density at radius 1 is 1.17 bits per heavy atom. The summed E-state index contributed by atoms with van der Waals surface area (Å²) in [7, 11) is -1.36. The largest absolute Gasteiger partial charge is 0.495 e. The molecule has 0 aliphatic carbocycles. The quantitative estimate of drug-likeness (QED) is 0.245. The van der Waals surface area contributed by atoms with Gasteiger partial charge in [-0.1, -0.05) is 12.0 Å². The molecular formula is C31H37F4N5O2. The second-order valence-electron chi connectivity index (χ2n) is 11.2. The van der Waals surface area contributed by atoms with Crippen molar-refractivity contribution in [1.82, 2.24) is 14.8 Å². The Hall–Kier alpha value is -3.91. The van der Waals surface area contributed by atoms with Crippen molar-refractivity contribution in [2.75, 3.05) is 44.4 Å². The summed E-state index contributed by atoms with van der Waals surface area (Å²) in [5.74, 6) is 5.03. The molecule has 1 aliphatic rings. The third kappa shape index (κ3) is 7.29. The third-order valence-electron chi connectivity index (χ3n) is 7.28. The zero-order chi connectivity index (χ0) is 33.2. The van der Waals surface area contributed by atoms with E-state index < -0.39 is 37.9 Å². The minimum absolute atomic E-state index is 0.0782. The summed E-state index contributed by atoms with van der Waals surface area (Å²) in [6.45, 7) is 5.68. The molecule has 2 aromatic carbocycles. The molecule has 226 valence electrons. The summed E-state index contributed by atoms with van der Waals surface area (Å²) in [5, 5.41) is 9.07. The molecule has 0 unspecified atom stereocenters. The van der Waals surface area contributed by atoms with Crippen LogP contribution < -0.4 is 20.7 Å². The Morgan fingerprint density at radius 2 is 1.95 bits per heavy atom. The molecule has 3 aromatic rings. The van der Waals surface area contributed by atoms with Crippen LogP contribution in [0.2, 0.25) is 0 Å². The van der Waals surface area contributed by atoms with E-state index in [2.05, 4.69) is 32.7 Å². The first-order chi connectivity index (χ1) is 20.9. The number of carbonyl (C=O) groups excluding carboxylic acids is 1. The van der Waals surface area contributed by atoms with Gasteiger partial charge in [-0.25, -0.2) is 4.39 Å². The topological polar surface area (TPSA) is 70.6 Å². The number of halogens is 4. The van der Waals surface area contributed by atoms with Crippen molar-refractivity contribution in [3.8, 4) is 17.6 Å². The van der Waals surface area contributed by atoms with Crippen molar-refractivity contribution >= 4 is 28.2 Å². The third-order valence-corrected chi connectivity index (χ3v) is 7.28. The van der Waals surface area contributed by atoms with Gasteiger partial charge in [0.2, 0.25) is 0 Å². The van der Waals surface area contributed by atoms with Gasteiger partial charge in [0.25, 0.3) is 5.91 Å². The fourth-order valence-corrected chi connectivity index (χ4v) is 5.05. The molecule has 4 rings (SSSR count). The number of hydrogen-bond donors (Lipinski definition) is 3. The normalized spacial score (nSPS) is 19.2. The van der Waals surface area contributed by atoms with Crippen LogP contribution in [0.3, 0.4) is 0 Å². The predicted octanol–water partition coefficient (Wildman–Crippen LogP) is 5.66. The average molecular weight is 591 g/mol. The van der Waals surface area contributed by atoms with E-state index in [1.165, 1.54) is 25.2 Å². The van der Waals surface area contributed by atoms with Gasteiger partial charge in [-0.3, -0.25) is 9.69 Å². The zero-order valence-corrected chi connectivity index (χ0v) is 24.0. The number of aromatic nitrogens is 1. The van der Waals surface area contributed by atoms with Gasteiger partial charge in [-0.2, -0.15) is 13.2 Å². The van der Waals surface area contributed by atoms with E-state index in [1.54, 1.807) is 24.3 Å². The molecule has 2 atom stereocenters. The lowest BCUT2D eigenvalue weighted by molar-refractivity contribution is -0.140. The van der Waals surface area contributed by atoms with Gasteiger partial charge in [0.15, 0.2) is 0 Å². The van der Waals surface area contributed by atoms with Gasteiger partial charge in [0.1, 0.15) is 18.5 Å². The van der Waals surface area contributed by atoms with Gasteiger partial charge in [-0.05, 0) is 69.5 Å². The number of fused-ring (bicyclic) bond motifs is 1. The summed E-state index contributed by atoms with van der Waals surface area (Å²) in [6.07, 6.45) is -5.16. The molecule has 1 aromatic heterocycles. The fourth-order valence-electron chi connectivity index (χ4n) is 5.05. The van der Waals surface area contributed by atoms with Crippen molar-refractivity contribution in [1.29, 1.82) is 0 Å². The molecule has 0 bridgehead atoms. The Bertz CT molecular complexity index is 1590. The molecule has 1 amide bonds. The van der Waals surface area contributed by atoms with Gasteiger partial charge >= 0.3 is 6.18 Å². The van der Waals surface area contributed by atoms with Gasteiger partial charge in [-0.15, -0.1) is 0 Å². The van der Waals surface area contributed by atoms with E-state index in [0.717, 1.165) is 4.57 Å². The lowest BCUT2D eigenvalue weighted by Crippen LogP contribution is -2.54. The van der Waals surface area contributed by atoms with Crippen LogP contribution in [0, 0.1) is 11.8 Å². The summed E-state index contributed by atoms with van der Waals surface area (Å²) in [5.41, 5.74) is 1.16. The molecule has 7 nitrogen and oxygen atoms in total. The molecular weight excluding hydrogens is 550 g/mol. The van der Waals surface area contributed by atoms with Crippen molar-refractivity contribution in [2.24, 2.45) is 0 Å². The Kier molecular flexibility index (Phi) is 8.04. The van der Waals surface area contributed by atoms with Crippen LogP contribution in [-0.2, 0) is 6.54 Å². The highest BCUT2D eigenvalue weighted by Crippen LogP contribution is 2.32. The maximum absolute atomic E-state index is 15.2. The van der Waals surface area contributed by atoms with Crippen molar-refractivity contribution in [2.45, 2.75) is 57.7 Å². The number of amides is 1. The molecule has 11 heteroatoms. The van der Waals surface area contributed by atoms with Crippen LogP contribution in [-0.4, -0.2) is 73.0 Å². The second-order valence-corrected chi connectivity index (χ2v) is 11.2. The maximum atomic E-state index is 15.2. The van der Waals surface area contributed by atoms with E-state index in [9.17, 15) is 18.0 Å². The number of methoxy groups -OCH3 is 1. The van der Waals surface area contributed by atoms with Gasteiger partial charge in [0.05, 0.1) is 40.6 Å². The Morgan fingerprint density at radius 3 is 2.62 bits per heavy atom. The number of likely N-dealkylation sites (tertiary alicyclic amines) is 1. The highest BCUT2D eigenvalue weighted by atomic mass is 19.4. The average Bonchev–Trinajstić information content (AvgIpc) is 3.27. The molecule has 3 N–H and O–H groups in total. The highest BCUT2D eigenvalue weighted by molar-refractivity contribution is 5.95. The van der Waals surface area contributed by atoms with Crippen LogP contribution >= 0.6 is 0 Å². The minimum atomic E-state index is -4.53. The molecule has 1 saturated heterocycles. The molecule has 0 spiro atoms. The Labute approximate surface area is 247 Å². The van der Waals surface area contributed by atoms with E-state index in [4.69, 9.17) is 8.85 Å². The molecule has 2 heterocycles. The molecule has 1 aliphatic heterocycles. The van der Waals surface area contributed by atoms with E-state index in [-0.39, 0.29) is 41.3 Å². The summed E-state index contributed by atoms with van der Waals surface area (Å²) >= 11 is 0. The van der Waals surface area contributed by atoms with Crippen molar-refractivity contribution in [3.63, 3.8) is 0 Å². The number of nitrogens with zero attached hydrogens (tertiary/aromatic N) is 2. The highest BCUT2D eigenvalue weighted by Gasteiger charge is 2.34. The van der Waals surface area contributed by atoms with Crippen LogP contribution in [0.4, 0.5) is 28.9 Å². The smallest absolute Gasteiger partial charge is 0.406 e. The van der Waals surface area contributed by atoms with Crippen molar-refractivity contribution < 1.29 is 31.2 Å². The predicted molar refractivity (Wildman–Crippen MR) is 158 cm³/mol. The van der Waals surface area contributed by atoms with Crippen LogP contribution in [0.1, 0.15) is 47.4 Å². The maximum Gasteiger partial charge on any atom is 0.406 e.